The molecule has 0 aromatic heterocycles. The zero-order valence-electron chi connectivity index (χ0n) is 11.8. The third-order valence-corrected chi connectivity index (χ3v) is 3.48. The second-order valence-corrected chi connectivity index (χ2v) is 5.00. The Kier molecular flexibility index (Phi) is 7.34. The summed E-state index contributed by atoms with van der Waals surface area (Å²) >= 11 is 5.88. The van der Waals surface area contributed by atoms with Crippen LogP contribution in [0.15, 0.2) is 24.3 Å². The number of rotatable bonds is 8. The maximum atomic E-state index is 5.88. The fourth-order valence-electron chi connectivity index (χ4n) is 1.97. The lowest BCUT2D eigenvalue weighted by atomic mass is 10.1. The lowest BCUT2D eigenvalue weighted by molar-refractivity contribution is -0.116. The summed E-state index contributed by atoms with van der Waals surface area (Å²) in [5.41, 5.74) is 7.04. The van der Waals surface area contributed by atoms with E-state index in [4.69, 9.17) is 26.8 Å². The van der Waals surface area contributed by atoms with E-state index in [1.54, 1.807) is 14.2 Å². The highest BCUT2D eigenvalue weighted by Gasteiger charge is 2.18. The van der Waals surface area contributed by atoms with Gasteiger partial charge in [-0.05, 0) is 24.7 Å². The molecular weight excluding hydrogens is 264 g/mol. The Bertz CT molecular complexity index is 355. The van der Waals surface area contributed by atoms with Gasteiger partial charge in [-0.15, -0.1) is 0 Å². The molecule has 19 heavy (non-hydrogen) atoms. The molecule has 0 saturated heterocycles. The standard InChI is InChI=1S/C14H23ClN2O2/c1-17(10-11-4-6-12(15)7-5-11)13(9-16)8-14(18-2)19-3/h4-7,13-14H,8-10,16H2,1-3H3. The summed E-state index contributed by atoms with van der Waals surface area (Å²) in [7, 11) is 5.33. The van der Waals surface area contributed by atoms with Gasteiger partial charge in [-0.3, -0.25) is 4.90 Å². The van der Waals surface area contributed by atoms with Crippen LogP contribution in [0.2, 0.25) is 5.02 Å². The summed E-state index contributed by atoms with van der Waals surface area (Å²) in [4.78, 5) is 2.20. The summed E-state index contributed by atoms with van der Waals surface area (Å²) < 4.78 is 10.5. The third kappa shape index (κ3) is 5.47. The first-order valence-electron chi connectivity index (χ1n) is 6.31. The van der Waals surface area contributed by atoms with E-state index in [2.05, 4.69) is 11.9 Å². The van der Waals surface area contributed by atoms with Crippen molar-refractivity contribution in [1.82, 2.24) is 4.90 Å². The molecule has 0 fully saturated rings. The predicted octanol–water partition coefficient (Wildman–Crippen LogP) is 2.11. The van der Waals surface area contributed by atoms with Gasteiger partial charge in [0.2, 0.25) is 0 Å². The minimum absolute atomic E-state index is 0.209. The fraction of sp³-hybridized carbons (Fsp3) is 0.571. The van der Waals surface area contributed by atoms with Gasteiger partial charge in [0.05, 0.1) is 0 Å². The highest BCUT2D eigenvalue weighted by molar-refractivity contribution is 6.30. The lowest BCUT2D eigenvalue weighted by Crippen LogP contribution is -2.40. The van der Waals surface area contributed by atoms with Gasteiger partial charge >= 0.3 is 0 Å². The number of hydrogen-bond acceptors (Lipinski definition) is 4. The maximum absolute atomic E-state index is 5.88. The van der Waals surface area contributed by atoms with E-state index in [0.717, 1.165) is 18.0 Å². The zero-order chi connectivity index (χ0) is 14.3. The van der Waals surface area contributed by atoms with Crippen molar-refractivity contribution in [2.45, 2.75) is 25.3 Å². The van der Waals surface area contributed by atoms with E-state index in [1.807, 2.05) is 24.3 Å². The smallest absolute Gasteiger partial charge is 0.158 e. The van der Waals surface area contributed by atoms with Crippen molar-refractivity contribution < 1.29 is 9.47 Å². The van der Waals surface area contributed by atoms with Crippen LogP contribution in [0.25, 0.3) is 0 Å². The molecule has 0 heterocycles. The molecule has 1 aromatic rings. The van der Waals surface area contributed by atoms with Gasteiger partial charge < -0.3 is 15.2 Å². The van der Waals surface area contributed by atoms with Crippen LogP contribution in [0.4, 0.5) is 0 Å². The number of nitrogens with two attached hydrogens (primary N) is 1. The first-order valence-corrected chi connectivity index (χ1v) is 6.68. The number of nitrogens with zero attached hydrogens (tertiary/aromatic N) is 1. The number of benzene rings is 1. The Morgan fingerprint density at radius 1 is 1.21 bits per heavy atom. The molecule has 5 heteroatoms. The number of hydrogen-bond donors (Lipinski definition) is 1. The van der Waals surface area contributed by atoms with E-state index < -0.39 is 0 Å². The number of methoxy groups -OCH3 is 2. The van der Waals surface area contributed by atoms with Crippen LogP contribution in [0.3, 0.4) is 0 Å². The molecule has 108 valence electrons. The highest BCUT2D eigenvalue weighted by Crippen LogP contribution is 2.14. The van der Waals surface area contributed by atoms with Gasteiger partial charge in [-0.1, -0.05) is 23.7 Å². The van der Waals surface area contributed by atoms with Gasteiger partial charge in [0.25, 0.3) is 0 Å². The highest BCUT2D eigenvalue weighted by atomic mass is 35.5. The predicted molar refractivity (Wildman–Crippen MR) is 78.2 cm³/mol. The van der Waals surface area contributed by atoms with E-state index >= 15 is 0 Å². The molecule has 0 bridgehead atoms. The Labute approximate surface area is 120 Å². The van der Waals surface area contributed by atoms with Gasteiger partial charge in [0.1, 0.15) is 0 Å². The zero-order valence-corrected chi connectivity index (χ0v) is 12.6. The van der Waals surface area contributed by atoms with Crippen LogP contribution < -0.4 is 5.73 Å². The van der Waals surface area contributed by atoms with E-state index in [-0.39, 0.29) is 12.3 Å². The van der Waals surface area contributed by atoms with E-state index in [9.17, 15) is 0 Å². The average Bonchev–Trinajstić information content (AvgIpc) is 2.42. The van der Waals surface area contributed by atoms with Gasteiger partial charge in [-0.25, -0.2) is 0 Å². The van der Waals surface area contributed by atoms with Crippen molar-refractivity contribution in [3.8, 4) is 0 Å². The molecule has 2 N–H and O–H groups in total. The minimum Gasteiger partial charge on any atom is -0.356 e. The first kappa shape index (κ1) is 16.4. The van der Waals surface area contributed by atoms with Crippen LogP contribution in [-0.2, 0) is 16.0 Å². The Balaban J connectivity index is 2.57. The maximum Gasteiger partial charge on any atom is 0.158 e. The van der Waals surface area contributed by atoms with Crippen molar-refractivity contribution in [3.63, 3.8) is 0 Å². The molecule has 1 unspecified atom stereocenters. The summed E-state index contributed by atoms with van der Waals surface area (Å²) in [5.74, 6) is 0. The molecule has 0 aliphatic carbocycles. The van der Waals surface area contributed by atoms with E-state index in [0.29, 0.717) is 6.54 Å². The Hall–Kier alpha value is -0.650. The molecule has 0 radical (unpaired) electrons. The molecule has 4 nitrogen and oxygen atoms in total. The second-order valence-electron chi connectivity index (χ2n) is 4.57. The van der Waals surface area contributed by atoms with Crippen molar-refractivity contribution in [3.05, 3.63) is 34.9 Å². The minimum atomic E-state index is -0.221. The van der Waals surface area contributed by atoms with Crippen molar-refractivity contribution >= 4 is 11.6 Å². The topological polar surface area (TPSA) is 47.7 Å². The lowest BCUT2D eigenvalue weighted by Gasteiger charge is -2.29. The monoisotopic (exact) mass is 286 g/mol. The fourth-order valence-corrected chi connectivity index (χ4v) is 2.10. The van der Waals surface area contributed by atoms with Crippen LogP contribution in [0.1, 0.15) is 12.0 Å². The Morgan fingerprint density at radius 2 is 1.79 bits per heavy atom. The molecular formula is C14H23ClN2O2. The summed E-state index contributed by atoms with van der Waals surface area (Å²) in [6, 6.07) is 8.05. The van der Waals surface area contributed by atoms with E-state index in [1.165, 1.54) is 5.56 Å². The van der Waals surface area contributed by atoms with Crippen LogP contribution in [0, 0.1) is 0 Å². The molecule has 0 spiro atoms. The van der Waals surface area contributed by atoms with Crippen molar-refractivity contribution in [2.24, 2.45) is 5.73 Å². The molecule has 0 amide bonds. The molecule has 1 aromatic carbocycles. The summed E-state index contributed by atoms with van der Waals surface area (Å²) in [5, 5.41) is 0.751. The first-order chi connectivity index (χ1) is 9.10. The molecule has 0 aliphatic heterocycles. The average molecular weight is 287 g/mol. The largest absolute Gasteiger partial charge is 0.356 e. The normalized spacial score (nSPS) is 13.2. The molecule has 1 atom stereocenters. The van der Waals surface area contributed by atoms with Crippen LogP contribution in [-0.4, -0.2) is 45.0 Å². The SMILES string of the molecule is COC(CC(CN)N(C)Cc1ccc(Cl)cc1)OC. The third-order valence-electron chi connectivity index (χ3n) is 3.23. The molecule has 0 saturated carbocycles. The summed E-state index contributed by atoms with van der Waals surface area (Å²) in [6.07, 6.45) is 0.523. The van der Waals surface area contributed by atoms with Crippen molar-refractivity contribution in [1.29, 1.82) is 0 Å². The molecule has 1 rings (SSSR count). The van der Waals surface area contributed by atoms with Gasteiger partial charge in [0.15, 0.2) is 6.29 Å². The Morgan fingerprint density at radius 3 is 2.26 bits per heavy atom. The quantitative estimate of drug-likeness (QED) is 0.744. The molecule has 0 aliphatic rings. The number of halogens is 1. The van der Waals surface area contributed by atoms with Gasteiger partial charge in [0, 0.05) is 44.8 Å². The summed E-state index contributed by atoms with van der Waals surface area (Å²) in [6.45, 7) is 1.38. The number of ether oxygens (including phenoxy) is 2. The number of likely N-dealkylation sites (N-methyl/N-ethyl adjacent to an activating group) is 1. The van der Waals surface area contributed by atoms with Crippen LogP contribution in [0.5, 0.6) is 0 Å². The van der Waals surface area contributed by atoms with Gasteiger partial charge in [-0.2, -0.15) is 0 Å². The van der Waals surface area contributed by atoms with Crippen molar-refractivity contribution in [2.75, 3.05) is 27.8 Å². The second kappa shape index (κ2) is 8.51. The van der Waals surface area contributed by atoms with Crippen LogP contribution >= 0.6 is 11.6 Å².